The van der Waals surface area contributed by atoms with Gasteiger partial charge in [0.15, 0.2) is 0 Å². The number of anilines is 1. The van der Waals surface area contributed by atoms with Crippen molar-refractivity contribution >= 4 is 33.1 Å². The molecule has 0 N–H and O–H groups in total. The molecule has 3 rings (SSSR count). The van der Waals surface area contributed by atoms with E-state index < -0.39 is 36.6 Å². The maximum Gasteiger partial charge on any atom is 0.417 e. The van der Waals surface area contributed by atoms with Crippen LogP contribution in [0.2, 0.25) is 5.02 Å². The summed E-state index contributed by atoms with van der Waals surface area (Å²) in [6.07, 6.45) is -3.41. The van der Waals surface area contributed by atoms with Crippen LogP contribution in [0.25, 0.3) is 0 Å². The van der Waals surface area contributed by atoms with Gasteiger partial charge >= 0.3 is 11.9 Å². The van der Waals surface area contributed by atoms with Gasteiger partial charge in [-0.3, -0.25) is 10.1 Å². The second-order valence-corrected chi connectivity index (χ2v) is 8.48. The van der Waals surface area contributed by atoms with Gasteiger partial charge in [0.25, 0.3) is 0 Å². The Kier molecular flexibility index (Phi) is 5.70. The predicted molar refractivity (Wildman–Crippen MR) is 98.3 cm³/mol. The molecule has 156 valence electrons. The third kappa shape index (κ3) is 4.28. The van der Waals surface area contributed by atoms with Gasteiger partial charge in [-0.25, -0.2) is 13.4 Å². The van der Waals surface area contributed by atoms with E-state index in [2.05, 4.69) is 4.98 Å². The fourth-order valence-corrected chi connectivity index (χ4v) is 4.62. The molecule has 1 fully saturated rings. The van der Waals surface area contributed by atoms with E-state index in [9.17, 15) is 31.7 Å². The zero-order valence-electron chi connectivity index (χ0n) is 14.6. The molecule has 1 aromatic carbocycles. The second kappa shape index (κ2) is 7.76. The molecule has 0 saturated carbocycles. The maximum atomic E-state index is 13.0. The predicted octanol–water partition coefficient (Wildman–Crippen LogP) is 3.17. The van der Waals surface area contributed by atoms with E-state index in [0.717, 1.165) is 16.4 Å². The van der Waals surface area contributed by atoms with Crippen LogP contribution in [-0.4, -0.2) is 48.8 Å². The molecule has 0 atom stereocenters. The van der Waals surface area contributed by atoms with Crippen molar-refractivity contribution in [3.8, 4) is 0 Å². The van der Waals surface area contributed by atoms with E-state index in [1.54, 1.807) is 4.90 Å². The SMILES string of the molecule is O=[N+]([O-])c1cccnc1N1CCN(S(=O)(=O)c2ccc(Cl)c(C(F)(F)F)c2)CC1. The molecule has 1 aliphatic heterocycles. The van der Waals surface area contributed by atoms with Gasteiger partial charge in [0.1, 0.15) is 0 Å². The smallest absolute Gasteiger partial charge is 0.348 e. The highest BCUT2D eigenvalue weighted by atomic mass is 35.5. The number of pyridine rings is 1. The maximum absolute atomic E-state index is 13.0. The Morgan fingerprint density at radius 2 is 1.79 bits per heavy atom. The molecule has 0 radical (unpaired) electrons. The van der Waals surface area contributed by atoms with Crippen molar-refractivity contribution in [3.05, 3.63) is 57.2 Å². The molecule has 1 aliphatic rings. The quantitative estimate of drug-likeness (QED) is 0.524. The highest BCUT2D eigenvalue weighted by Gasteiger charge is 2.36. The molecule has 0 aliphatic carbocycles. The lowest BCUT2D eigenvalue weighted by atomic mass is 10.2. The molecule has 2 aromatic rings. The molecule has 29 heavy (non-hydrogen) atoms. The number of nitrogens with zero attached hydrogens (tertiary/aromatic N) is 4. The van der Waals surface area contributed by atoms with E-state index in [1.165, 1.54) is 18.3 Å². The molecule has 1 saturated heterocycles. The van der Waals surface area contributed by atoms with Gasteiger partial charge in [0, 0.05) is 38.4 Å². The fourth-order valence-electron chi connectivity index (χ4n) is 2.95. The van der Waals surface area contributed by atoms with Gasteiger partial charge in [-0.15, -0.1) is 0 Å². The zero-order valence-corrected chi connectivity index (χ0v) is 16.2. The summed E-state index contributed by atoms with van der Waals surface area (Å²) in [5.74, 6) is 0.111. The third-order valence-corrected chi connectivity index (χ3v) is 6.61. The number of alkyl halides is 3. The monoisotopic (exact) mass is 450 g/mol. The lowest BCUT2D eigenvalue weighted by Gasteiger charge is -2.34. The van der Waals surface area contributed by atoms with Crippen molar-refractivity contribution < 1.29 is 26.5 Å². The second-order valence-electron chi connectivity index (χ2n) is 6.13. The highest BCUT2D eigenvalue weighted by Crippen LogP contribution is 2.36. The molecule has 0 bridgehead atoms. The topological polar surface area (TPSA) is 96.7 Å². The van der Waals surface area contributed by atoms with Crippen LogP contribution in [0.5, 0.6) is 0 Å². The summed E-state index contributed by atoms with van der Waals surface area (Å²) >= 11 is 5.55. The lowest BCUT2D eigenvalue weighted by molar-refractivity contribution is -0.384. The highest BCUT2D eigenvalue weighted by molar-refractivity contribution is 7.89. The van der Waals surface area contributed by atoms with E-state index in [4.69, 9.17) is 11.6 Å². The Labute approximate surface area is 168 Å². The number of hydrogen-bond donors (Lipinski definition) is 0. The molecular formula is C16H14ClF3N4O4S. The van der Waals surface area contributed by atoms with E-state index in [0.29, 0.717) is 6.07 Å². The summed E-state index contributed by atoms with van der Waals surface area (Å²) in [5, 5.41) is 10.5. The van der Waals surface area contributed by atoms with Crippen LogP contribution >= 0.6 is 11.6 Å². The fraction of sp³-hybridized carbons (Fsp3) is 0.312. The summed E-state index contributed by atoms with van der Waals surface area (Å²) in [5.41, 5.74) is -1.45. The summed E-state index contributed by atoms with van der Waals surface area (Å²) in [6.45, 7) is 0.0493. The van der Waals surface area contributed by atoms with Gasteiger partial charge in [-0.2, -0.15) is 17.5 Å². The molecular weight excluding hydrogens is 437 g/mol. The number of halogens is 4. The van der Waals surface area contributed by atoms with Gasteiger partial charge in [0.2, 0.25) is 15.8 Å². The van der Waals surface area contributed by atoms with Crippen molar-refractivity contribution in [3.63, 3.8) is 0 Å². The first-order valence-electron chi connectivity index (χ1n) is 8.23. The standard InChI is InChI=1S/C16H14ClF3N4O4S/c17-13-4-3-11(10-12(13)16(18,19)20)29(27,28)23-8-6-22(7-9-23)15-14(24(25)26)2-1-5-21-15/h1-5,10H,6-9H2. The summed E-state index contributed by atoms with van der Waals surface area (Å²) in [7, 11) is -4.20. The first kappa shape index (κ1) is 21.3. The molecule has 2 heterocycles. The zero-order chi connectivity index (χ0) is 21.4. The van der Waals surface area contributed by atoms with Crippen LogP contribution in [0.4, 0.5) is 24.7 Å². The van der Waals surface area contributed by atoms with Gasteiger partial charge in [-0.1, -0.05) is 11.6 Å². The normalized spacial score (nSPS) is 16.1. The minimum absolute atomic E-state index is 0.0694. The molecule has 1 aromatic heterocycles. The first-order valence-corrected chi connectivity index (χ1v) is 10.0. The minimum atomic E-state index is -4.79. The van der Waals surface area contributed by atoms with Crippen LogP contribution in [0.15, 0.2) is 41.4 Å². The summed E-state index contributed by atoms with van der Waals surface area (Å²) < 4.78 is 65.7. The van der Waals surface area contributed by atoms with Gasteiger partial charge in [0.05, 0.1) is 20.4 Å². The number of nitro groups is 1. The number of rotatable bonds is 4. The van der Waals surface area contributed by atoms with E-state index in [-0.39, 0.29) is 37.7 Å². The van der Waals surface area contributed by atoms with Crippen LogP contribution in [0.1, 0.15) is 5.56 Å². The largest absolute Gasteiger partial charge is 0.417 e. The third-order valence-electron chi connectivity index (χ3n) is 4.38. The average Bonchev–Trinajstić information content (AvgIpc) is 2.67. The lowest BCUT2D eigenvalue weighted by Crippen LogP contribution is -2.49. The van der Waals surface area contributed by atoms with Crippen LogP contribution in [0.3, 0.4) is 0 Å². The first-order chi connectivity index (χ1) is 13.5. The Hall–Kier alpha value is -2.44. The minimum Gasteiger partial charge on any atom is -0.348 e. The molecule has 0 amide bonds. The van der Waals surface area contributed by atoms with Crippen molar-refractivity contribution in [1.29, 1.82) is 0 Å². The Bertz CT molecular complexity index is 1040. The summed E-state index contributed by atoms with van der Waals surface area (Å²) in [4.78, 5) is 15.6. The molecule has 0 unspecified atom stereocenters. The van der Waals surface area contributed by atoms with Crippen LogP contribution in [0, 0.1) is 10.1 Å². The van der Waals surface area contributed by atoms with E-state index in [1.807, 2.05) is 0 Å². The Morgan fingerprint density at radius 1 is 1.14 bits per heavy atom. The van der Waals surface area contributed by atoms with E-state index >= 15 is 0 Å². The Morgan fingerprint density at radius 3 is 2.38 bits per heavy atom. The number of piperazine rings is 1. The van der Waals surface area contributed by atoms with Gasteiger partial charge < -0.3 is 4.90 Å². The van der Waals surface area contributed by atoms with Gasteiger partial charge in [-0.05, 0) is 24.3 Å². The number of aromatic nitrogens is 1. The Balaban J connectivity index is 1.82. The van der Waals surface area contributed by atoms with Crippen molar-refractivity contribution in [2.24, 2.45) is 0 Å². The number of sulfonamides is 1. The number of hydrogen-bond acceptors (Lipinski definition) is 6. The molecule has 13 heteroatoms. The molecule has 0 spiro atoms. The molecule has 8 nitrogen and oxygen atoms in total. The van der Waals surface area contributed by atoms with Crippen LogP contribution < -0.4 is 4.90 Å². The van der Waals surface area contributed by atoms with Crippen LogP contribution in [-0.2, 0) is 16.2 Å². The number of benzene rings is 1. The van der Waals surface area contributed by atoms with Crippen molar-refractivity contribution in [2.75, 3.05) is 31.1 Å². The summed E-state index contributed by atoms with van der Waals surface area (Å²) in [6, 6.07) is 5.13. The van der Waals surface area contributed by atoms with Crippen molar-refractivity contribution in [1.82, 2.24) is 9.29 Å². The average molecular weight is 451 g/mol. The van der Waals surface area contributed by atoms with Crippen molar-refractivity contribution in [2.45, 2.75) is 11.1 Å².